The van der Waals surface area contributed by atoms with Crippen molar-refractivity contribution in [2.24, 2.45) is 0 Å². The molecule has 0 bridgehead atoms. The highest BCUT2D eigenvalue weighted by molar-refractivity contribution is 6.19. The fourth-order valence-corrected chi connectivity index (χ4v) is 8.58. The van der Waals surface area contributed by atoms with Crippen LogP contribution in [0.25, 0.3) is 94.7 Å². The van der Waals surface area contributed by atoms with Crippen LogP contribution >= 0.6 is 0 Å². The van der Waals surface area contributed by atoms with E-state index >= 15 is 0 Å². The summed E-state index contributed by atoms with van der Waals surface area (Å²) in [5, 5.41) is 4.65. The van der Waals surface area contributed by atoms with Gasteiger partial charge >= 0.3 is 0 Å². The van der Waals surface area contributed by atoms with Crippen LogP contribution in [0.5, 0.6) is 0 Å². The Balaban J connectivity index is 1.13. The second kappa shape index (κ2) is 11.1. The van der Waals surface area contributed by atoms with Gasteiger partial charge in [-0.15, -0.1) is 0 Å². The first kappa shape index (κ1) is 29.8. The summed E-state index contributed by atoms with van der Waals surface area (Å²) in [5.74, 6) is 1.86. The minimum atomic E-state index is -0.0793. The topological polar surface area (TPSA) is 56.7 Å². The molecule has 3 aromatic heterocycles. The van der Waals surface area contributed by atoms with E-state index in [1.165, 1.54) is 44.1 Å². The Hall–Kier alpha value is -6.85. The lowest BCUT2D eigenvalue weighted by molar-refractivity contribution is 0.661. The van der Waals surface area contributed by atoms with Gasteiger partial charge in [-0.1, -0.05) is 135 Å². The van der Waals surface area contributed by atoms with Gasteiger partial charge in [0.2, 0.25) is 0 Å². The Kier molecular flexibility index (Phi) is 6.23. The van der Waals surface area contributed by atoms with Crippen LogP contribution in [-0.2, 0) is 5.41 Å². The van der Waals surface area contributed by atoms with Gasteiger partial charge in [0.15, 0.2) is 17.5 Å². The molecule has 0 fully saturated rings. The first-order valence-electron chi connectivity index (χ1n) is 18.0. The Labute approximate surface area is 305 Å². The molecule has 10 aromatic rings. The van der Waals surface area contributed by atoms with E-state index in [0.29, 0.717) is 17.5 Å². The number of hydrogen-bond acceptors (Lipinski definition) is 4. The smallest absolute Gasteiger partial charge is 0.164 e. The maximum absolute atomic E-state index is 6.67. The number of hydrogen-bond donors (Lipinski definition) is 0. The molecule has 5 nitrogen and oxygen atoms in total. The van der Waals surface area contributed by atoms with Gasteiger partial charge in [0, 0.05) is 38.3 Å². The molecule has 0 aliphatic heterocycles. The van der Waals surface area contributed by atoms with Crippen molar-refractivity contribution in [1.82, 2.24) is 19.5 Å². The molecular formula is C48H32N4O. The Morgan fingerprint density at radius 1 is 0.472 bits per heavy atom. The van der Waals surface area contributed by atoms with Gasteiger partial charge < -0.3 is 8.98 Å². The highest BCUT2D eigenvalue weighted by Gasteiger charge is 2.37. The van der Waals surface area contributed by atoms with Gasteiger partial charge in [0.25, 0.3) is 0 Å². The summed E-state index contributed by atoms with van der Waals surface area (Å²) < 4.78 is 9.10. The molecule has 1 aliphatic carbocycles. The minimum Gasteiger partial charge on any atom is -0.456 e. The summed E-state index contributed by atoms with van der Waals surface area (Å²) in [6, 6.07) is 55.2. The zero-order valence-electron chi connectivity index (χ0n) is 29.2. The van der Waals surface area contributed by atoms with Crippen molar-refractivity contribution in [3.05, 3.63) is 169 Å². The lowest BCUT2D eigenvalue weighted by Gasteiger charge is -2.21. The third kappa shape index (κ3) is 4.34. The first-order chi connectivity index (χ1) is 26.0. The molecule has 0 N–H and O–H groups in total. The molecule has 0 spiro atoms. The van der Waals surface area contributed by atoms with Crippen LogP contribution in [0, 0.1) is 0 Å². The summed E-state index contributed by atoms with van der Waals surface area (Å²) in [6.45, 7) is 4.69. The first-order valence-corrected chi connectivity index (χ1v) is 18.0. The molecule has 0 saturated heterocycles. The molecule has 11 rings (SSSR count). The van der Waals surface area contributed by atoms with Crippen LogP contribution in [-0.4, -0.2) is 19.5 Å². The summed E-state index contributed by atoms with van der Waals surface area (Å²) in [5.41, 5.74) is 13.1. The second-order valence-electron chi connectivity index (χ2n) is 14.4. The van der Waals surface area contributed by atoms with Gasteiger partial charge in [0.05, 0.1) is 22.1 Å². The molecule has 0 radical (unpaired) electrons. The summed E-state index contributed by atoms with van der Waals surface area (Å²) >= 11 is 0. The maximum Gasteiger partial charge on any atom is 0.164 e. The Morgan fingerprint density at radius 2 is 1.13 bits per heavy atom. The van der Waals surface area contributed by atoms with Crippen LogP contribution < -0.4 is 0 Å². The van der Waals surface area contributed by atoms with Crippen LogP contribution in [0.15, 0.2) is 162 Å². The third-order valence-corrected chi connectivity index (χ3v) is 11.1. The van der Waals surface area contributed by atoms with Crippen molar-refractivity contribution in [3.8, 4) is 51.0 Å². The lowest BCUT2D eigenvalue weighted by atomic mass is 9.82. The fourth-order valence-electron chi connectivity index (χ4n) is 8.58. The van der Waals surface area contributed by atoms with Crippen molar-refractivity contribution in [2.75, 3.05) is 0 Å². The number of benzene rings is 7. The molecule has 0 atom stereocenters. The monoisotopic (exact) mass is 680 g/mol. The van der Waals surface area contributed by atoms with Gasteiger partial charge in [-0.3, -0.25) is 0 Å². The SMILES string of the molecule is CC1(C)c2ccccc2-c2c1ccc1c2c2ccccc2n1-c1cccc2oc3cc(-c4nc(-c5ccccc5)nc(-c5ccccc5)n4)ccc3c12. The predicted octanol–water partition coefficient (Wildman–Crippen LogP) is 12.2. The third-order valence-electron chi connectivity index (χ3n) is 11.1. The highest BCUT2D eigenvalue weighted by atomic mass is 16.3. The number of fused-ring (bicyclic) bond motifs is 10. The second-order valence-corrected chi connectivity index (χ2v) is 14.4. The molecule has 0 saturated carbocycles. The molecule has 0 amide bonds. The fraction of sp³-hybridized carbons (Fsp3) is 0.0625. The van der Waals surface area contributed by atoms with Crippen molar-refractivity contribution in [2.45, 2.75) is 19.3 Å². The number of furan rings is 1. The van der Waals surface area contributed by atoms with Crippen molar-refractivity contribution in [3.63, 3.8) is 0 Å². The van der Waals surface area contributed by atoms with E-state index in [4.69, 9.17) is 19.4 Å². The minimum absolute atomic E-state index is 0.0793. The van der Waals surface area contributed by atoms with Crippen molar-refractivity contribution >= 4 is 43.7 Å². The predicted molar refractivity (Wildman–Crippen MR) is 215 cm³/mol. The van der Waals surface area contributed by atoms with Gasteiger partial charge in [-0.25, -0.2) is 15.0 Å². The molecule has 250 valence electrons. The zero-order valence-corrected chi connectivity index (χ0v) is 29.2. The Bertz CT molecular complexity index is 3020. The van der Waals surface area contributed by atoms with Crippen LogP contribution in [0.3, 0.4) is 0 Å². The normalized spacial score (nSPS) is 13.2. The van der Waals surface area contributed by atoms with E-state index in [1.54, 1.807) is 0 Å². The number of para-hydroxylation sites is 1. The van der Waals surface area contributed by atoms with E-state index in [1.807, 2.05) is 60.7 Å². The molecule has 5 heteroatoms. The summed E-state index contributed by atoms with van der Waals surface area (Å²) in [4.78, 5) is 14.8. The largest absolute Gasteiger partial charge is 0.456 e. The molecule has 7 aromatic carbocycles. The van der Waals surface area contributed by atoms with E-state index in [9.17, 15) is 0 Å². The molecule has 3 heterocycles. The van der Waals surface area contributed by atoms with E-state index in [-0.39, 0.29) is 5.41 Å². The van der Waals surface area contributed by atoms with Crippen molar-refractivity contribution < 1.29 is 4.42 Å². The van der Waals surface area contributed by atoms with Crippen LogP contribution in [0.2, 0.25) is 0 Å². The average molecular weight is 681 g/mol. The molecule has 53 heavy (non-hydrogen) atoms. The zero-order chi connectivity index (χ0) is 35.3. The van der Waals surface area contributed by atoms with E-state index in [0.717, 1.165) is 44.3 Å². The molecule has 1 aliphatic rings. The van der Waals surface area contributed by atoms with E-state index in [2.05, 4.69) is 115 Å². The lowest BCUT2D eigenvalue weighted by Crippen LogP contribution is -2.14. The number of aromatic nitrogens is 4. The summed E-state index contributed by atoms with van der Waals surface area (Å²) in [6.07, 6.45) is 0. The average Bonchev–Trinajstić information content (AvgIpc) is 3.83. The quantitative estimate of drug-likeness (QED) is 0.186. The number of nitrogens with zero attached hydrogens (tertiary/aromatic N) is 4. The highest BCUT2D eigenvalue weighted by Crippen LogP contribution is 2.53. The van der Waals surface area contributed by atoms with Crippen LogP contribution in [0.4, 0.5) is 0 Å². The number of rotatable bonds is 4. The van der Waals surface area contributed by atoms with Gasteiger partial charge in [0.1, 0.15) is 11.2 Å². The van der Waals surface area contributed by atoms with Crippen LogP contribution in [0.1, 0.15) is 25.0 Å². The molecular weight excluding hydrogens is 649 g/mol. The van der Waals surface area contributed by atoms with Crippen molar-refractivity contribution in [1.29, 1.82) is 0 Å². The maximum atomic E-state index is 6.67. The standard InChI is InChI=1S/C48H32N4O/c1-48(2)35-20-11-9-18-32(35)42-36(48)26-27-39-44(42)33-19-10-12-21-37(33)52(39)38-22-13-23-40-43(38)34-25-24-31(28-41(34)53-40)47-50-45(29-14-5-3-6-15-29)49-46(51-47)30-16-7-4-8-17-30/h3-28H,1-2H3. The van der Waals surface area contributed by atoms with Gasteiger partial charge in [-0.2, -0.15) is 0 Å². The van der Waals surface area contributed by atoms with Gasteiger partial charge in [-0.05, 0) is 58.7 Å². The van der Waals surface area contributed by atoms with E-state index < -0.39 is 0 Å². The Morgan fingerprint density at radius 3 is 1.89 bits per heavy atom. The molecule has 0 unspecified atom stereocenters. The summed E-state index contributed by atoms with van der Waals surface area (Å²) in [7, 11) is 0.